The molecule has 0 unspecified atom stereocenters. The molecule has 0 saturated carbocycles. The maximum absolute atomic E-state index is 13.2. The van der Waals surface area contributed by atoms with Crippen LogP contribution in [0.25, 0.3) is 11.3 Å². The number of amides is 2. The van der Waals surface area contributed by atoms with Crippen molar-refractivity contribution in [2.24, 2.45) is 0 Å². The predicted molar refractivity (Wildman–Crippen MR) is 130 cm³/mol. The zero-order valence-corrected chi connectivity index (χ0v) is 19.1. The second-order valence-electron chi connectivity index (χ2n) is 9.28. The summed E-state index contributed by atoms with van der Waals surface area (Å²) in [5, 5.41) is 4.62. The standard InChI is InChI=1S/C27H25N3O4/c1-27(2)14-19-12-20(9-11-22(19)34-27)28-26(31)30-15-21(17-6-4-3-5-7-17)25(29-30)18-8-10-23-24(13-18)33-16-32-23/h3-13,29H,14-16H2,1-2H3,(H,28,31). The Morgan fingerprint density at radius 2 is 1.74 bits per heavy atom. The predicted octanol–water partition coefficient (Wildman–Crippen LogP) is 5.05. The Hall–Kier alpha value is -4.13. The molecule has 2 amide bonds. The summed E-state index contributed by atoms with van der Waals surface area (Å²) in [6.45, 7) is 4.76. The number of urea groups is 1. The number of anilines is 1. The third kappa shape index (κ3) is 3.69. The Balaban J connectivity index is 1.26. The van der Waals surface area contributed by atoms with Gasteiger partial charge in [0.05, 0.1) is 12.2 Å². The summed E-state index contributed by atoms with van der Waals surface area (Å²) < 4.78 is 17.0. The van der Waals surface area contributed by atoms with E-state index < -0.39 is 0 Å². The molecule has 3 aromatic rings. The summed E-state index contributed by atoms with van der Waals surface area (Å²) in [7, 11) is 0. The highest BCUT2D eigenvalue weighted by molar-refractivity contribution is 5.98. The largest absolute Gasteiger partial charge is 0.487 e. The van der Waals surface area contributed by atoms with Crippen molar-refractivity contribution >= 4 is 23.0 Å². The lowest BCUT2D eigenvalue weighted by Crippen LogP contribution is -2.40. The van der Waals surface area contributed by atoms with Gasteiger partial charge in [0, 0.05) is 28.8 Å². The third-order valence-electron chi connectivity index (χ3n) is 6.21. The number of hydrazine groups is 1. The van der Waals surface area contributed by atoms with Gasteiger partial charge < -0.3 is 19.5 Å². The number of carbonyl (C=O) groups excluding carboxylic acids is 1. The molecule has 0 spiro atoms. The smallest absolute Gasteiger partial charge is 0.340 e. The molecule has 7 nitrogen and oxygen atoms in total. The van der Waals surface area contributed by atoms with Crippen molar-refractivity contribution in [2.75, 3.05) is 18.7 Å². The fraction of sp³-hybridized carbons (Fsp3) is 0.222. The molecule has 2 N–H and O–H groups in total. The molecule has 6 rings (SSSR count). The van der Waals surface area contributed by atoms with Crippen molar-refractivity contribution in [1.29, 1.82) is 0 Å². The Bertz CT molecular complexity index is 1320. The first-order valence-corrected chi connectivity index (χ1v) is 11.3. The highest BCUT2D eigenvalue weighted by Gasteiger charge is 2.31. The van der Waals surface area contributed by atoms with E-state index in [1.54, 1.807) is 5.01 Å². The van der Waals surface area contributed by atoms with Crippen molar-refractivity contribution in [3.05, 3.63) is 83.4 Å². The van der Waals surface area contributed by atoms with E-state index in [4.69, 9.17) is 14.2 Å². The van der Waals surface area contributed by atoms with E-state index in [9.17, 15) is 4.79 Å². The number of nitrogens with one attached hydrogen (secondary N) is 2. The van der Waals surface area contributed by atoms with Gasteiger partial charge in [0.25, 0.3) is 0 Å². The quantitative estimate of drug-likeness (QED) is 0.578. The van der Waals surface area contributed by atoms with Crippen molar-refractivity contribution in [1.82, 2.24) is 10.4 Å². The fourth-order valence-electron chi connectivity index (χ4n) is 4.65. The maximum Gasteiger partial charge on any atom is 0.340 e. The van der Waals surface area contributed by atoms with Gasteiger partial charge in [-0.15, -0.1) is 0 Å². The Morgan fingerprint density at radius 1 is 0.941 bits per heavy atom. The lowest BCUT2D eigenvalue weighted by molar-refractivity contribution is 0.138. The van der Waals surface area contributed by atoms with Crippen LogP contribution in [0.15, 0.2) is 66.7 Å². The normalized spacial score (nSPS) is 17.3. The molecule has 0 bridgehead atoms. The minimum atomic E-state index is -0.234. The number of nitrogens with zero attached hydrogens (tertiary/aromatic N) is 1. The van der Waals surface area contributed by atoms with E-state index in [0.29, 0.717) is 12.3 Å². The van der Waals surface area contributed by atoms with E-state index in [0.717, 1.165) is 51.6 Å². The molecule has 0 radical (unpaired) electrons. The number of ether oxygens (including phenoxy) is 3. The average molecular weight is 456 g/mol. The van der Waals surface area contributed by atoms with Gasteiger partial charge in [-0.1, -0.05) is 30.3 Å². The molecule has 3 heterocycles. The molecule has 34 heavy (non-hydrogen) atoms. The van der Waals surface area contributed by atoms with Gasteiger partial charge >= 0.3 is 6.03 Å². The lowest BCUT2D eigenvalue weighted by Gasteiger charge is -2.19. The van der Waals surface area contributed by atoms with E-state index >= 15 is 0 Å². The topological polar surface area (TPSA) is 72.1 Å². The van der Waals surface area contributed by atoms with Gasteiger partial charge in [0.15, 0.2) is 11.5 Å². The maximum atomic E-state index is 13.2. The number of benzene rings is 3. The first-order valence-electron chi connectivity index (χ1n) is 11.3. The van der Waals surface area contributed by atoms with Crippen LogP contribution in [0.2, 0.25) is 0 Å². The number of carbonyl (C=O) groups is 1. The van der Waals surface area contributed by atoms with Gasteiger partial charge in [-0.3, -0.25) is 5.43 Å². The van der Waals surface area contributed by atoms with Crippen LogP contribution in [0.3, 0.4) is 0 Å². The molecular formula is C27H25N3O4. The first-order chi connectivity index (χ1) is 16.4. The second-order valence-corrected chi connectivity index (χ2v) is 9.28. The molecule has 3 aromatic carbocycles. The highest BCUT2D eigenvalue weighted by Crippen LogP contribution is 2.38. The SMILES string of the molecule is CC1(C)Cc2cc(NC(=O)N3CC(c4ccccc4)=C(c4ccc5c(c4)OCO5)N3)ccc2O1. The molecular weight excluding hydrogens is 430 g/mol. The van der Waals surface area contributed by atoms with Crippen molar-refractivity contribution in [3.63, 3.8) is 0 Å². The minimum Gasteiger partial charge on any atom is -0.487 e. The van der Waals surface area contributed by atoms with Crippen LogP contribution in [0, 0.1) is 0 Å². The minimum absolute atomic E-state index is 0.217. The zero-order chi connectivity index (χ0) is 23.3. The highest BCUT2D eigenvalue weighted by atomic mass is 16.7. The summed E-state index contributed by atoms with van der Waals surface area (Å²) in [6, 6.07) is 21.4. The first kappa shape index (κ1) is 20.5. The van der Waals surface area contributed by atoms with E-state index in [1.165, 1.54) is 0 Å². The summed E-state index contributed by atoms with van der Waals surface area (Å²) in [5.41, 5.74) is 8.79. The van der Waals surface area contributed by atoms with Gasteiger partial charge in [-0.2, -0.15) is 0 Å². The van der Waals surface area contributed by atoms with Gasteiger partial charge in [-0.05, 0) is 55.8 Å². The Morgan fingerprint density at radius 3 is 2.59 bits per heavy atom. The van der Waals surface area contributed by atoms with Crippen molar-refractivity contribution in [3.8, 4) is 17.2 Å². The Kier molecular flexibility index (Phi) is 4.65. The number of hydrogen-bond donors (Lipinski definition) is 2. The number of hydrogen-bond acceptors (Lipinski definition) is 5. The lowest BCUT2D eigenvalue weighted by atomic mass is 10.0. The molecule has 0 aromatic heterocycles. The fourth-order valence-corrected chi connectivity index (χ4v) is 4.65. The summed E-state index contributed by atoms with van der Waals surface area (Å²) in [5.74, 6) is 2.30. The Labute approximate surface area is 197 Å². The van der Waals surface area contributed by atoms with Crippen LogP contribution in [0.1, 0.15) is 30.5 Å². The molecule has 0 fully saturated rings. The molecule has 3 aliphatic heterocycles. The van der Waals surface area contributed by atoms with Crippen LogP contribution in [0.5, 0.6) is 17.2 Å². The van der Waals surface area contributed by atoms with Crippen LogP contribution in [-0.4, -0.2) is 30.0 Å². The molecule has 0 atom stereocenters. The zero-order valence-electron chi connectivity index (χ0n) is 19.1. The monoisotopic (exact) mass is 455 g/mol. The number of fused-ring (bicyclic) bond motifs is 2. The molecule has 7 heteroatoms. The van der Waals surface area contributed by atoms with E-state index in [2.05, 4.69) is 24.6 Å². The van der Waals surface area contributed by atoms with Crippen LogP contribution in [-0.2, 0) is 6.42 Å². The third-order valence-corrected chi connectivity index (χ3v) is 6.21. The van der Waals surface area contributed by atoms with Crippen LogP contribution in [0.4, 0.5) is 10.5 Å². The summed E-state index contributed by atoms with van der Waals surface area (Å²) in [6.07, 6.45) is 0.808. The van der Waals surface area contributed by atoms with E-state index in [-0.39, 0.29) is 18.4 Å². The van der Waals surface area contributed by atoms with Crippen molar-refractivity contribution in [2.45, 2.75) is 25.9 Å². The van der Waals surface area contributed by atoms with Gasteiger partial charge in [-0.25, -0.2) is 9.80 Å². The van der Waals surface area contributed by atoms with Crippen LogP contribution < -0.4 is 25.0 Å². The summed E-state index contributed by atoms with van der Waals surface area (Å²) in [4.78, 5) is 13.2. The van der Waals surface area contributed by atoms with Gasteiger partial charge in [0.2, 0.25) is 6.79 Å². The number of rotatable bonds is 3. The molecule has 172 valence electrons. The van der Waals surface area contributed by atoms with Crippen LogP contribution >= 0.6 is 0 Å². The molecule has 0 saturated heterocycles. The molecule has 3 aliphatic rings. The summed E-state index contributed by atoms with van der Waals surface area (Å²) >= 11 is 0. The van der Waals surface area contributed by atoms with E-state index in [1.807, 2.05) is 66.7 Å². The van der Waals surface area contributed by atoms with Crippen molar-refractivity contribution < 1.29 is 19.0 Å². The second kappa shape index (κ2) is 7.73. The van der Waals surface area contributed by atoms with Gasteiger partial charge in [0.1, 0.15) is 11.4 Å². The average Bonchev–Trinajstić information content (AvgIpc) is 3.54. The molecule has 0 aliphatic carbocycles.